The third-order valence-corrected chi connectivity index (χ3v) is 5.44. The highest BCUT2D eigenvalue weighted by atomic mass is 16.6. The van der Waals surface area contributed by atoms with Crippen LogP contribution in [0, 0.1) is 6.92 Å². The highest BCUT2D eigenvalue weighted by Gasteiger charge is 2.41. The Hall–Kier alpha value is -3.80. The Morgan fingerprint density at radius 2 is 1.72 bits per heavy atom. The summed E-state index contributed by atoms with van der Waals surface area (Å²) in [5, 5.41) is 9.58. The summed E-state index contributed by atoms with van der Waals surface area (Å²) >= 11 is 0. The summed E-state index contributed by atoms with van der Waals surface area (Å²) in [7, 11) is 0. The Morgan fingerprint density at radius 1 is 1.03 bits per heavy atom. The first-order valence-corrected chi connectivity index (χ1v) is 10.5. The third-order valence-electron chi connectivity index (χ3n) is 5.44. The fourth-order valence-electron chi connectivity index (χ4n) is 3.73. The second kappa shape index (κ2) is 9.56. The largest absolute Gasteiger partial charge is 0.508 e. The molecule has 1 aliphatic heterocycles. The van der Waals surface area contributed by atoms with E-state index < -0.39 is 24.1 Å². The van der Waals surface area contributed by atoms with Crippen molar-refractivity contribution in [2.75, 3.05) is 6.61 Å². The zero-order chi connectivity index (χ0) is 22.5. The molecule has 1 aliphatic rings. The van der Waals surface area contributed by atoms with E-state index in [0.29, 0.717) is 12.2 Å². The number of nitrogens with zero attached hydrogens (tertiary/aromatic N) is 1. The number of phenolic OH excluding ortho intramolecular Hbond substituents is 1. The van der Waals surface area contributed by atoms with Gasteiger partial charge in [-0.25, -0.2) is 9.69 Å². The molecule has 2 amide bonds. The molecular formula is C26H25NO5. The fourth-order valence-corrected chi connectivity index (χ4v) is 3.73. The van der Waals surface area contributed by atoms with Gasteiger partial charge in [0.05, 0.1) is 6.04 Å². The van der Waals surface area contributed by atoms with E-state index in [0.717, 1.165) is 16.7 Å². The highest BCUT2D eigenvalue weighted by molar-refractivity contribution is 5.96. The molecule has 3 aromatic carbocycles. The predicted octanol–water partition coefficient (Wildman–Crippen LogP) is 4.28. The molecule has 6 heteroatoms. The van der Waals surface area contributed by atoms with Crippen molar-refractivity contribution in [3.05, 3.63) is 95.6 Å². The number of carbonyl (C=O) groups is 2. The summed E-state index contributed by atoms with van der Waals surface area (Å²) in [4.78, 5) is 27.2. The van der Waals surface area contributed by atoms with Crippen LogP contribution in [0.25, 0.3) is 0 Å². The van der Waals surface area contributed by atoms with E-state index in [1.807, 2.05) is 49.4 Å². The summed E-state index contributed by atoms with van der Waals surface area (Å²) in [6.45, 7) is 2.12. The minimum atomic E-state index is -0.925. The molecule has 0 unspecified atom stereocenters. The van der Waals surface area contributed by atoms with E-state index in [4.69, 9.17) is 9.47 Å². The Balaban J connectivity index is 1.58. The van der Waals surface area contributed by atoms with Crippen LogP contribution in [0.15, 0.2) is 78.9 Å². The third kappa shape index (κ3) is 5.09. The molecule has 4 rings (SSSR count). The standard InChI is InChI=1S/C26H25NO5/c1-18-7-13-23(14-8-18)32-24(16-20-9-11-22(28)12-10-20)25(29)27-21(17-31-26(27)30)15-19-5-3-2-4-6-19/h2-14,21,24,28H,15-17H2,1H3/t21-,24-/m0/s1. The number of hydrogen-bond acceptors (Lipinski definition) is 5. The normalized spacial score (nSPS) is 16.5. The number of rotatable bonds is 7. The highest BCUT2D eigenvalue weighted by Crippen LogP contribution is 2.23. The topological polar surface area (TPSA) is 76.1 Å². The number of aryl methyl sites for hydroxylation is 1. The molecule has 1 heterocycles. The monoisotopic (exact) mass is 431 g/mol. The first-order valence-electron chi connectivity index (χ1n) is 10.5. The number of phenols is 1. The lowest BCUT2D eigenvalue weighted by Crippen LogP contribution is -2.48. The maximum Gasteiger partial charge on any atom is 0.417 e. The van der Waals surface area contributed by atoms with E-state index in [-0.39, 0.29) is 18.8 Å². The van der Waals surface area contributed by atoms with Gasteiger partial charge in [0.25, 0.3) is 5.91 Å². The van der Waals surface area contributed by atoms with Gasteiger partial charge in [-0.1, -0.05) is 60.2 Å². The minimum absolute atomic E-state index is 0.141. The van der Waals surface area contributed by atoms with Crippen LogP contribution in [0.3, 0.4) is 0 Å². The van der Waals surface area contributed by atoms with Crippen LogP contribution >= 0.6 is 0 Å². The molecule has 32 heavy (non-hydrogen) atoms. The lowest BCUT2D eigenvalue weighted by Gasteiger charge is -2.26. The molecule has 0 spiro atoms. The maximum atomic E-state index is 13.5. The number of cyclic esters (lactones) is 1. The lowest BCUT2D eigenvalue weighted by molar-refractivity contribution is -0.136. The number of benzene rings is 3. The molecule has 0 aromatic heterocycles. The Morgan fingerprint density at radius 3 is 2.41 bits per heavy atom. The van der Waals surface area contributed by atoms with Gasteiger partial charge in [-0.05, 0) is 48.7 Å². The molecule has 164 valence electrons. The van der Waals surface area contributed by atoms with Crippen molar-refractivity contribution in [2.45, 2.75) is 31.9 Å². The van der Waals surface area contributed by atoms with Crippen LogP contribution in [0.2, 0.25) is 0 Å². The Kier molecular flexibility index (Phi) is 6.40. The first-order chi connectivity index (χ1) is 15.5. The van der Waals surface area contributed by atoms with Gasteiger partial charge in [0, 0.05) is 6.42 Å². The summed E-state index contributed by atoms with van der Waals surface area (Å²) < 4.78 is 11.3. The molecule has 1 fully saturated rings. The number of hydrogen-bond donors (Lipinski definition) is 1. The molecule has 0 aliphatic carbocycles. The zero-order valence-corrected chi connectivity index (χ0v) is 17.8. The first kappa shape index (κ1) is 21.4. The summed E-state index contributed by atoms with van der Waals surface area (Å²) in [6, 6.07) is 23.3. The van der Waals surface area contributed by atoms with Crippen molar-refractivity contribution in [1.29, 1.82) is 0 Å². The molecule has 1 saturated heterocycles. The van der Waals surface area contributed by atoms with Gasteiger partial charge in [-0.2, -0.15) is 0 Å². The zero-order valence-electron chi connectivity index (χ0n) is 17.8. The second-order valence-corrected chi connectivity index (χ2v) is 7.92. The Bertz CT molecular complexity index is 1020. The number of ether oxygens (including phenoxy) is 2. The van der Waals surface area contributed by atoms with Crippen molar-refractivity contribution >= 4 is 12.0 Å². The summed E-state index contributed by atoms with van der Waals surface area (Å²) in [6.07, 6.45) is -0.825. The minimum Gasteiger partial charge on any atom is -0.508 e. The van der Waals surface area contributed by atoms with Crippen LogP contribution in [-0.4, -0.2) is 40.8 Å². The van der Waals surface area contributed by atoms with E-state index in [1.165, 1.54) is 4.90 Å². The van der Waals surface area contributed by atoms with Crippen LogP contribution in [-0.2, 0) is 22.4 Å². The van der Waals surface area contributed by atoms with Gasteiger partial charge in [0.2, 0.25) is 0 Å². The molecule has 0 saturated carbocycles. The van der Waals surface area contributed by atoms with Crippen molar-refractivity contribution in [2.24, 2.45) is 0 Å². The molecule has 2 atom stereocenters. The van der Waals surface area contributed by atoms with Gasteiger partial charge in [0.1, 0.15) is 18.1 Å². The number of carbonyl (C=O) groups excluding carboxylic acids is 2. The van der Waals surface area contributed by atoms with Crippen LogP contribution in [0.1, 0.15) is 16.7 Å². The molecule has 1 N–H and O–H groups in total. The van der Waals surface area contributed by atoms with Gasteiger partial charge < -0.3 is 14.6 Å². The number of aromatic hydroxyl groups is 1. The number of imide groups is 1. The van der Waals surface area contributed by atoms with Gasteiger partial charge in [0.15, 0.2) is 6.10 Å². The molecule has 6 nitrogen and oxygen atoms in total. The van der Waals surface area contributed by atoms with Crippen molar-refractivity contribution in [3.63, 3.8) is 0 Å². The quantitative estimate of drug-likeness (QED) is 0.604. The molecule has 0 bridgehead atoms. The van der Waals surface area contributed by atoms with Crippen molar-refractivity contribution in [3.8, 4) is 11.5 Å². The second-order valence-electron chi connectivity index (χ2n) is 7.92. The average Bonchev–Trinajstić information content (AvgIpc) is 3.16. The van der Waals surface area contributed by atoms with Crippen LogP contribution in [0.4, 0.5) is 4.79 Å². The smallest absolute Gasteiger partial charge is 0.417 e. The van der Waals surface area contributed by atoms with Crippen LogP contribution in [0.5, 0.6) is 11.5 Å². The average molecular weight is 431 g/mol. The fraction of sp³-hybridized carbons (Fsp3) is 0.231. The molecular weight excluding hydrogens is 406 g/mol. The van der Waals surface area contributed by atoms with Gasteiger partial charge in [-0.15, -0.1) is 0 Å². The molecule has 3 aromatic rings. The SMILES string of the molecule is Cc1ccc(O[C@@H](Cc2ccc(O)cc2)C(=O)N2C(=O)OC[C@@H]2Cc2ccccc2)cc1. The summed E-state index contributed by atoms with van der Waals surface area (Å²) in [5.74, 6) is 0.240. The Labute approximate surface area is 187 Å². The van der Waals surface area contributed by atoms with Gasteiger partial charge in [-0.3, -0.25) is 4.79 Å². The number of amides is 2. The predicted molar refractivity (Wildman–Crippen MR) is 120 cm³/mol. The summed E-state index contributed by atoms with van der Waals surface area (Å²) in [5.41, 5.74) is 2.90. The van der Waals surface area contributed by atoms with E-state index in [2.05, 4.69) is 0 Å². The van der Waals surface area contributed by atoms with E-state index >= 15 is 0 Å². The van der Waals surface area contributed by atoms with Crippen molar-refractivity contribution in [1.82, 2.24) is 4.90 Å². The lowest BCUT2D eigenvalue weighted by atomic mass is 10.0. The van der Waals surface area contributed by atoms with Gasteiger partial charge >= 0.3 is 6.09 Å². The van der Waals surface area contributed by atoms with E-state index in [9.17, 15) is 14.7 Å². The molecule has 0 radical (unpaired) electrons. The van der Waals surface area contributed by atoms with E-state index in [1.54, 1.807) is 36.4 Å². The van der Waals surface area contributed by atoms with Crippen molar-refractivity contribution < 1.29 is 24.2 Å². The maximum absolute atomic E-state index is 13.5. The van der Waals surface area contributed by atoms with Crippen LogP contribution < -0.4 is 4.74 Å².